The van der Waals surface area contributed by atoms with Crippen molar-refractivity contribution in [3.8, 4) is 0 Å². The van der Waals surface area contributed by atoms with Crippen molar-refractivity contribution in [2.75, 3.05) is 23.7 Å². The van der Waals surface area contributed by atoms with Crippen LogP contribution in [0.5, 0.6) is 0 Å². The summed E-state index contributed by atoms with van der Waals surface area (Å²) in [6.07, 6.45) is 5.81. The Bertz CT molecular complexity index is 262. The molecule has 3 nitrogen and oxygen atoms in total. The fraction of sp³-hybridized carbons (Fsp3) is 0.500. The van der Waals surface area contributed by atoms with Crippen LogP contribution < -0.4 is 10.6 Å². The first-order valence-electron chi connectivity index (χ1n) is 4.83. The van der Waals surface area contributed by atoms with Crippen LogP contribution in [0.15, 0.2) is 18.3 Å². The molecule has 0 atom stereocenters. The molecule has 2 heterocycles. The fourth-order valence-corrected chi connectivity index (χ4v) is 1.74. The number of hydrogen-bond donors (Lipinski definition) is 1. The van der Waals surface area contributed by atoms with Gasteiger partial charge < -0.3 is 10.6 Å². The van der Waals surface area contributed by atoms with Gasteiger partial charge in [0.15, 0.2) is 0 Å². The number of hydrogen-bond acceptors (Lipinski definition) is 3. The molecule has 3 heteroatoms. The molecule has 1 aliphatic rings. The number of nitrogens with two attached hydrogens (primary N) is 1. The molecule has 1 aromatic heterocycles. The molecule has 0 radical (unpaired) electrons. The van der Waals surface area contributed by atoms with Crippen LogP contribution in [0.2, 0.25) is 0 Å². The van der Waals surface area contributed by atoms with Crippen LogP contribution in [0.3, 0.4) is 0 Å². The van der Waals surface area contributed by atoms with Gasteiger partial charge in [-0.1, -0.05) is 0 Å². The fourth-order valence-electron chi connectivity index (χ4n) is 1.74. The highest BCUT2D eigenvalue weighted by Crippen LogP contribution is 2.18. The first kappa shape index (κ1) is 8.35. The average molecular weight is 177 g/mol. The van der Waals surface area contributed by atoms with Gasteiger partial charge in [-0.25, -0.2) is 4.98 Å². The topological polar surface area (TPSA) is 42.1 Å². The second-order valence-electron chi connectivity index (χ2n) is 3.49. The maximum absolute atomic E-state index is 5.53. The van der Waals surface area contributed by atoms with Crippen molar-refractivity contribution >= 4 is 11.5 Å². The highest BCUT2D eigenvalue weighted by molar-refractivity contribution is 5.48. The maximum Gasteiger partial charge on any atom is 0.123 e. The zero-order valence-corrected chi connectivity index (χ0v) is 7.74. The lowest BCUT2D eigenvalue weighted by atomic mass is 10.1. The normalized spacial score (nSPS) is 17.4. The van der Waals surface area contributed by atoms with Crippen molar-refractivity contribution in [2.24, 2.45) is 0 Å². The van der Waals surface area contributed by atoms with E-state index in [9.17, 15) is 0 Å². The lowest BCUT2D eigenvalue weighted by Crippen LogP contribution is -2.29. The minimum Gasteiger partial charge on any atom is -0.384 e. The van der Waals surface area contributed by atoms with Crippen molar-refractivity contribution in [1.29, 1.82) is 0 Å². The summed E-state index contributed by atoms with van der Waals surface area (Å²) >= 11 is 0. The quantitative estimate of drug-likeness (QED) is 0.709. The molecule has 1 aliphatic heterocycles. The minimum absolute atomic E-state index is 0.598. The van der Waals surface area contributed by atoms with E-state index in [1.165, 1.54) is 24.9 Å². The summed E-state index contributed by atoms with van der Waals surface area (Å²) in [4.78, 5) is 6.46. The summed E-state index contributed by atoms with van der Waals surface area (Å²) in [7, 11) is 0. The first-order valence-corrected chi connectivity index (χ1v) is 4.83. The van der Waals surface area contributed by atoms with Gasteiger partial charge in [0.05, 0.1) is 11.9 Å². The van der Waals surface area contributed by atoms with Gasteiger partial charge in [-0.15, -0.1) is 0 Å². The van der Waals surface area contributed by atoms with Gasteiger partial charge in [-0.3, -0.25) is 0 Å². The van der Waals surface area contributed by atoms with Crippen LogP contribution in [0, 0.1) is 0 Å². The Hall–Kier alpha value is -1.25. The minimum atomic E-state index is 0.598. The summed E-state index contributed by atoms with van der Waals surface area (Å²) in [5.41, 5.74) is 6.73. The maximum atomic E-state index is 5.53. The van der Waals surface area contributed by atoms with E-state index in [1.54, 1.807) is 0 Å². The van der Waals surface area contributed by atoms with Gasteiger partial charge in [0.25, 0.3) is 0 Å². The summed E-state index contributed by atoms with van der Waals surface area (Å²) in [6, 6.07) is 3.91. The molecule has 0 saturated carbocycles. The van der Waals surface area contributed by atoms with Gasteiger partial charge in [0, 0.05) is 13.1 Å². The molecule has 0 bridgehead atoms. The summed E-state index contributed by atoms with van der Waals surface area (Å²) in [5.74, 6) is 0.598. The first-order chi connectivity index (χ1) is 6.36. The molecular weight excluding hydrogens is 162 g/mol. The van der Waals surface area contributed by atoms with Crippen LogP contribution >= 0.6 is 0 Å². The molecule has 0 aromatic carbocycles. The van der Waals surface area contributed by atoms with Crippen molar-refractivity contribution < 1.29 is 0 Å². The van der Waals surface area contributed by atoms with Gasteiger partial charge in [0.1, 0.15) is 5.82 Å². The highest BCUT2D eigenvalue weighted by atomic mass is 15.1. The third-order valence-electron chi connectivity index (χ3n) is 2.49. The van der Waals surface area contributed by atoms with Crippen LogP contribution in [-0.2, 0) is 0 Å². The average Bonchev–Trinajstić information content (AvgIpc) is 2.20. The molecule has 0 amide bonds. The molecule has 2 N–H and O–H groups in total. The van der Waals surface area contributed by atoms with Gasteiger partial charge in [-0.2, -0.15) is 0 Å². The Labute approximate surface area is 78.6 Å². The van der Waals surface area contributed by atoms with E-state index in [4.69, 9.17) is 5.73 Å². The van der Waals surface area contributed by atoms with Crippen molar-refractivity contribution in [1.82, 2.24) is 4.98 Å². The van der Waals surface area contributed by atoms with Gasteiger partial charge >= 0.3 is 0 Å². The Morgan fingerprint density at radius 3 is 2.54 bits per heavy atom. The number of pyridine rings is 1. The Balaban J connectivity index is 2.10. The summed E-state index contributed by atoms with van der Waals surface area (Å²) in [5, 5.41) is 0. The Morgan fingerprint density at radius 1 is 1.15 bits per heavy atom. The molecular formula is C10H15N3. The zero-order valence-electron chi connectivity index (χ0n) is 7.74. The second kappa shape index (κ2) is 3.64. The molecule has 70 valence electrons. The predicted molar refractivity (Wildman–Crippen MR) is 54.7 cm³/mol. The molecule has 0 aliphatic carbocycles. The highest BCUT2D eigenvalue weighted by Gasteiger charge is 2.10. The molecule has 2 rings (SSSR count). The molecule has 1 saturated heterocycles. The van der Waals surface area contributed by atoms with E-state index in [1.807, 2.05) is 18.3 Å². The third kappa shape index (κ3) is 1.91. The second-order valence-corrected chi connectivity index (χ2v) is 3.49. The number of nitrogen functional groups attached to an aromatic ring is 1. The van der Waals surface area contributed by atoms with E-state index in [0.717, 1.165) is 13.1 Å². The van der Waals surface area contributed by atoms with E-state index < -0.39 is 0 Å². The lowest BCUT2D eigenvalue weighted by Gasteiger charge is -2.28. The van der Waals surface area contributed by atoms with E-state index in [0.29, 0.717) is 5.82 Å². The number of aromatic nitrogens is 1. The molecule has 0 spiro atoms. The SMILES string of the molecule is Nc1ccc(N2CCCCC2)cn1. The van der Waals surface area contributed by atoms with E-state index in [2.05, 4.69) is 9.88 Å². The number of piperidine rings is 1. The zero-order chi connectivity index (χ0) is 9.10. The summed E-state index contributed by atoms with van der Waals surface area (Å²) < 4.78 is 0. The Morgan fingerprint density at radius 2 is 1.92 bits per heavy atom. The van der Waals surface area contributed by atoms with E-state index in [-0.39, 0.29) is 0 Å². The largest absolute Gasteiger partial charge is 0.384 e. The standard InChI is InChI=1S/C10H15N3/c11-10-5-4-9(8-12-10)13-6-2-1-3-7-13/h4-5,8H,1-3,6-7H2,(H2,11,12). The van der Waals surface area contributed by atoms with E-state index >= 15 is 0 Å². The van der Waals surface area contributed by atoms with Crippen LogP contribution in [0.4, 0.5) is 11.5 Å². The van der Waals surface area contributed by atoms with Crippen LogP contribution in [-0.4, -0.2) is 18.1 Å². The number of rotatable bonds is 1. The number of anilines is 2. The van der Waals surface area contributed by atoms with Crippen molar-refractivity contribution in [3.63, 3.8) is 0 Å². The smallest absolute Gasteiger partial charge is 0.123 e. The van der Waals surface area contributed by atoms with Crippen molar-refractivity contribution in [2.45, 2.75) is 19.3 Å². The van der Waals surface area contributed by atoms with Crippen molar-refractivity contribution in [3.05, 3.63) is 18.3 Å². The summed E-state index contributed by atoms with van der Waals surface area (Å²) in [6.45, 7) is 2.32. The Kier molecular flexibility index (Phi) is 2.34. The van der Waals surface area contributed by atoms with Crippen LogP contribution in [0.1, 0.15) is 19.3 Å². The molecule has 1 aromatic rings. The monoisotopic (exact) mass is 177 g/mol. The lowest BCUT2D eigenvalue weighted by molar-refractivity contribution is 0.577. The van der Waals surface area contributed by atoms with Crippen LogP contribution in [0.25, 0.3) is 0 Å². The third-order valence-corrected chi connectivity index (χ3v) is 2.49. The molecule has 1 fully saturated rings. The number of nitrogens with zero attached hydrogens (tertiary/aromatic N) is 2. The van der Waals surface area contributed by atoms with Gasteiger partial charge in [-0.05, 0) is 31.4 Å². The van der Waals surface area contributed by atoms with Gasteiger partial charge in [0.2, 0.25) is 0 Å². The molecule has 13 heavy (non-hydrogen) atoms. The predicted octanol–water partition coefficient (Wildman–Crippen LogP) is 1.65. The molecule has 0 unspecified atom stereocenters.